The smallest absolute Gasteiger partial charge is 0.306 e. The molecule has 338 valence electrons. The molecule has 0 heterocycles. The van der Waals surface area contributed by atoms with Gasteiger partial charge in [0.05, 0.1) is 0 Å². The third-order valence-corrected chi connectivity index (χ3v) is 10.2. The third kappa shape index (κ3) is 45.8. The van der Waals surface area contributed by atoms with Crippen LogP contribution in [0.25, 0.3) is 0 Å². The molecule has 0 fully saturated rings. The number of ether oxygens (including phenoxy) is 3. The number of hydrogen-bond acceptors (Lipinski definition) is 6. The first-order valence-corrected chi connectivity index (χ1v) is 24.4. The molecule has 1 unspecified atom stereocenters. The first kappa shape index (κ1) is 55.9. The van der Waals surface area contributed by atoms with E-state index in [9.17, 15) is 14.4 Å². The number of allylic oxidation sites excluding steroid dienone is 12. The number of hydrogen-bond donors (Lipinski definition) is 0. The van der Waals surface area contributed by atoms with Crippen molar-refractivity contribution in [1.29, 1.82) is 0 Å². The summed E-state index contributed by atoms with van der Waals surface area (Å²) in [5.74, 6) is -0.912. The van der Waals surface area contributed by atoms with Crippen molar-refractivity contribution >= 4 is 17.9 Å². The summed E-state index contributed by atoms with van der Waals surface area (Å²) in [7, 11) is 0. The summed E-state index contributed by atoms with van der Waals surface area (Å²) in [5.41, 5.74) is 0. The van der Waals surface area contributed by atoms with E-state index >= 15 is 0 Å². The minimum Gasteiger partial charge on any atom is -0.462 e. The van der Waals surface area contributed by atoms with Gasteiger partial charge in [-0.25, -0.2) is 0 Å². The second kappa shape index (κ2) is 47.5. The van der Waals surface area contributed by atoms with Crippen LogP contribution < -0.4 is 0 Å². The van der Waals surface area contributed by atoms with E-state index in [0.29, 0.717) is 19.3 Å². The van der Waals surface area contributed by atoms with Crippen molar-refractivity contribution < 1.29 is 28.6 Å². The molecule has 0 spiro atoms. The van der Waals surface area contributed by atoms with Gasteiger partial charge in [-0.3, -0.25) is 14.4 Å². The fourth-order valence-electron chi connectivity index (χ4n) is 6.53. The van der Waals surface area contributed by atoms with Crippen LogP contribution in [0.15, 0.2) is 72.9 Å². The molecule has 1 atom stereocenters. The van der Waals surface area contributed by atoms with Crippen molar-refractivity contribution in [1.82, 2.24) is 0 Å². The van der Waals surface area contributed by atoms with E-state index in [-0.39, 0.29) is 31.1 Å². The van der Waals surface area contributed by atoms with Crippen LogP contribution >= 0.6 is 0 Å². The summed E-state index contributed by atoms with van der Waals surface area (Å²) < 4.78 is 16.7. The summed E-state index contributed by atoms with van der Waals surface area (Å²) >= 11 is 0. The minimum atomic E-state index is -0.779. The Morgan fingerprint density at radius 3 is 1.12 bits per heavy atom. The molecule has 6 nitrogen and oxygen atoms in total. The summed E-state index contributed by atoms with van der Waals surface area (Å²) in [6.45, 7) is 6.40. The first-order valence-electron chi connectivity index (χ1n) is 24.4. The van der Waals surface area contributed by atoms with Gasteiger partial charge in [-0.2, -0.15) is 0 Å². The monoisotopic (exact) mass is 823 g/mol. The van der Waals surface area contributed by atoms with Crippen molar-refractivity contribution in [3.63, 3.8) is 0 Å². The molecular weight excluding hydrogens is 733 g/mol. The number of carbonyl (C=O) groups excluding carboxylic acids is 3. The molecule has 0 saturated heterocycles. The SMILES string of the molecule is CC/C=C\C/C=C\C/C=C\C/C=C\C/C=C\CCCCCCCCCC(=O)OCC(COC(=O)CCCCCCCCCC)OC(=O)CCCCCCC/C=C\CCC. The maximum absolute atomic E-state index is 12.7. The lowest BCUT2D eigenvalue weighted by Gasteiger charge is -2.18. The minimum absolute atomic E-state index is 0.0818. The van der Waals surface area contributed by atoms with E-state index in [4.69, 9.17) is 14.2 Å². The van der Waals surface area contributed by atoms with Crippen LogP contribution in [0.5, 0.6) is 0 Å². The van der Waals surface area contributed by atoms with Crippen molar-refractivity contribution in [2.45, 2.75) is 232 Å². The van der Waals surface area contributed by atoms with Gasteiger partial charge >= 0.3 is 17.9 Å². The molecule has 0 aliphatic heterocycles. The Bertz CT molecular complexity index is 1130. The lowest BCUT2D eigenvalue weighted by atomic mass is 10.1. The van der Waals surface area contributed by atoms with Gasteiger partial charge in [0.2, 0.25) is 0 Å². The van der Waals surface area contributed by atoms with Gasteiger partial charge in [0, 0.05) is 19.3 Å². The maximum Gasteiger partial charge on any atom is 0.306 e. The zero-order chi connectivity index (χ0) is 43.0. The van der Waals surface area contributed by atoms with Crippen LogP contribution in [-0.2, 0) is 28.6 Å². The van der Waals surface area contributed by atoms with Gasteiger partial charge in [-0.15, -0.1) is 0 Å². The van der Waals surface area contributed by atoms with Gasteiger partial charge in [0.1, 0.15) is 13.2 Å². The number of esters is 3. The summed E-state index contributed by atoms with van der Waals surface area (Å²) in [6, 6.07) is 0. The molecule has 0 amide bonds. The van der Waals surface area contributed by atoms with Gasteiger partial charge < -0.3 is 14.2 Å². The highest BCUT2D eigenvalue weighted by atomic mass is 16.6. The number of unbranched alkanes of at least 4 members (excludes halogenated alkanes) is 20. The zero-order valence-corrected chi connectivity index (χ0v) is 38.5. The van der Waals surface area contributed by atoms with E-state index in [1.54, 1.807) is 0 Å². The Morgan fingerprint density at radius 2 is 0.695 bits per heavy atom. The van der Waals surface area contributed by atoms with Crippen LogP contribution in [-0.4, -0.2) is 37.2 Å². The molecule has 0 aromatic carbocycles. The second-order valence-electron chi connectivity index (χ2n) is 16.0. The second-order valence-corrected chi connectivity index (χ2v) is 16.0. The van der Waals surface area contributed by atoms with Crippen molar-refractivity contribution in [3.05, 3.63) is 72.9 Å². The van der Waals surface area contributed by atoms with E-state index < -0.39 is 6.10 Å². The predicted molar refractivity (Wildman–Crippen MR) is 251 cm³/mol. The molecule has 0 bridgehead atoms. The normalized spacial score (nSPS) is 12.7. The number of rotatable bonds is 43. The Labute approximate surface area is 363 Å². The third-order valence-electron chi connectivity index (χ3n) is 10.2. The fourth-order valence-corrected chi connectivity index (χ4v) is 6.53. The van der Waals surface area contributed by atoms with Crippen LogP contribution in [0.1, 0.15) is 226 Å². The maximum atomic E-state index is 12.7. The molecule has 0 aromatic rings. The van der Waals surface area contributed by atoms with Crippen LogP contribution in [0, 0.1) is 0 Å². The van der Waals surface area contributed by atoms with E-state index in [0.717, 1.165) is 116 Å². The van der Waals surface area contributed by atoms with Gasteiger partial charge in [0.15, 0.2) is 6.10 Å². The predicted octanol–water partition coefficient (Wildman–Crippen LogP) is 15.9. The van der Waals surface area contributed by atoms with E-state index in [2.05, 4.69) is 93.7 Å². The van der Waals surface area contributed by atoms with E-state index in [1.165, 1.54) is 70.6 Å². The zero-order valence-electron chi connectivity index (χ0n) is 38.5. The summed E-state index contributed by atoms with van der Waals surface area (Å²) in [4.78, 5) is 37.7. The van der Waals surface area contributed by atoms with Gasteiger partial charge in [-0.05, 0) is 83.5 Å². The van der Waals surface area contributed by atoms with E-state index in [1.807, 2.05) is 0 Å². The molecule has 59 heavy (non-hydrogen) atoms. The van der Waals surface area contributed by atoms with Crippen LogP contribution in [0.3, 0.4) is 0 Å². The topological polar surface area (TPSA) is 78.9 Å². The highest BCUT2D eigenvalue weighted by Gasteiger charge is 2.19. The molecule has 0 aliphatic carbocycles. The summed E-state index contributed by atoms with van der Waals surface area (Å²) in [6.07, 6.45) is 59.0. The molecule has 0 aromatic heterocycles. The Hall–Kier alpha value is -3.15. The van der Waals surface area contributed by atoms with Gasteiger partial charge in [0.25, 0.3) is 0 Å². The Morgan fingerprint density at radius 1 is 0.356 bits per heavy atom. The Kier molecular flexibility index (Phi) is 45.0. The largest absolute Gasteiger partial charge is 0.462 e. The Balaban J connectivity index is 4.23. The summed E-state index contributed by atoms with van der Waals surface area (Å²) in [5, 5.41) is 0. The average Bonchev–Trinajstić information content (AvgIpc) is 3.23. The van der Waals surface area contributed by atoms with Crippen molar-refractivity contribution in [2.75, 3.05) is 13.2 Å². The highest BCUT2D eigenvalue weighted by Crippen LogP contribution is 2.14. The molecule has 0 N–H and O–H groups in total. The lowest BCUT2D eigenvalue weighted by Crippen LogP contribution is -2.30. The van der Waals surface area contributed by atoms with Gasteiger partial charge in [-0.1, -0.05) is 196 Å². The lowest BCUT2D eigenvalue weighted by molar-refractivity contribution is -0.167. The fraction of sp³-hybridized carbons (Fsp3) is 0.717. The quantitative estimate of drug-likeness (QED) is 0.0264. The standard InChI is InChI=1S/C53H90O6/c1-4-7-10-13-16-19-21-22-23-24-25-26-27-28-29-30-31-32-33-35-37-40-43-46-52(55)58-49-50(48-57-51(54)45-42-39-36-18-15-12-9-6-3)59-53(56)47-44-41-38-34-20-17-14-11-8-5-2/h7,10-11,14,16,19,22-23,25-26,28-29,50H,4-6,8-9,12-13,15,17-18,20-21,24,27,30-49H2,1-3H3/b10-7-,14-11-,19-16-,23-22-,26-25-,29-28-. The molecule has 0 aliphatic rings. The highest BCUT2D eigenvalue weighted by molar-refractivity contribution is 5.71. The molecule has 6 heteroatoms. The number of carbonyl (C=O) groups is 3. The average molecular weight is 823 g/mol. The first-order chi connectivity index (χ1) is 29.0. The van der Waals surface area contributed by atoms with Crippen molar-refractivity contribution in [2.24, 2.45) is 0 Å². The van der Waals surface area contributed by atoms with Crippen LogP contribution in [0.4, 0.5) is 0 Å². The molecule has 0 radical (unpaired) electrons. The molecule has 0 rings (SSSR count). The van der Waals surface area contributed by atoms with Crippen LogP contribution in [0.2, 0.25) is 0 Å². The molecular formula is C53H90O6. The molecule has 0 saturated carbocycles. The van der Waals surface area contributed by atoms with Crippen molar-refractivity contribution in [3.8, 4) is 0 Å².